The van der Waals surface area contributed by atoms with Gasteiger partial charge in [-0.2, -0.15) is 0 Å². The van der Waals surface area contributed by atoms with Gasteiger partial charge in [-0.3, -0.25) is 18.6 Å². The van der Waals surface area contributed by atoms with Crippen molar-refractivity contribution in [3.63, 3.8) is 0 Å². The first kappa shape index (κ1) is 29.5. The fraction of sp³-hybridized carbons (Fsp3) is 0.267. The van der Waals surface area contributed by atoms with E-state index in [0.29, 0.717) is 35.3 Å². The lowest BCUT2D eigenvalue weighted by molar-refractivity contribution is 0.0654. The molecule has 0 N–H and O–H groups in total. The van der Waals surface area contributed by atoms with Gasteiger partial charge in [-0.25, -0.2) is 21.9 Å². The summed E-state index contributed by atoms with van der Waals surface area (Å²) in [5, 5.41) is -0.121. The molecule has 5 rings (SSSR count). The molecule has 42 heavy (non-hydrogen) atoms. The average Bonchev–Trinajstić information content (AvgIpc) is 3.19. The molecule has 1 aliphatic rings. The summed E-state index contributed by atoms with van der Waals surface area (Å²) in [7, 11) is -1.49. The van der Waals surface area contributed by atoms with Crippen molar-refractivity contribution in [1.29, 1.82) is 0 Å². The van der Waals surface area contributed by atoms with E-state index in [2.05, 4.69) is 0 Å². The van der Waals surface area contributed by atoms with Crippen LogP contribution in [-0.4, -0.2) is 42.2 Å². The third-order valence-corrected chi connectivity index (χ3v) is 10.1. The minimum absolute atomic E-state index is 0.0577. The predicted octanol–water partition coefficient (Wildman–Crippen LogP) is 5.39. The monoisotopic (exact) mass is 614 g/mol. The van der Waals surface area contributed by atoms with Gasteiger partial charge >= 0.3 is 0 Å². The first-order chi connectivity index (χ1) is 19.9. The SMILES string of the molecule is CCC1c2cc(F)c(F)cc2CCN1C(=O)c1ccc(Cl)c(S(=O)(=O)N(C)c2c(C)n(C)n(-c3ccccc3)c2=O)c1. The molecule has 0 fully saturated rings. The Bertz CT molecular complexity index is 1870. The number of carbonyl (C=O) groups is 1. The standard InChI is InChI=1S/C30H29ClF2N4O4S/c1-5-26-22-17-25(33)24(32)15-19(22)13-14-36(26)29(38)20-11-12-23(31)27(16-20)42(40,41)35(4)28-18(2)34(3)37(30(28)39)21-9-7-6-8-10-21/h6-12,15-17,26H,5,13-14H2,1-4H3. The van der Waals surface area contributed by atoms with E-state index in [9.17, 15) is 26.8 Å². The van der Waals surface area contributed by atoms with Gasteiger partial charge in [0.2, 0.25) is 0 Å². The van der Waals surface area contributed by atoms with Crippen molar-refractivity contribution >= 4 is 33.2 Å². The van der Waals surface area contributed by atoms with Crippen LogP contribution in [0.2, 0.25) is 5.02 Å². The van der Waals surface area contributed by atoms with E-state index in [1.807, 2.05) is 13.0 Å². The van der Waals surface area contributed by atoms with Crippen molar-refractivity contribution < 1.29 is 22.0 Å². The molecular formula is C30H29ClF2N4O4S. The molecule has 1 atom stereocenters. The lowest BCUT2D eigenvalue weighted by Gasteiger charge is -2.37. The van der Waals surface area contributed by atoms with Crippen LogP contribution >= 0.6 is 11.6 Å². The lowest BCUT2D eigenvalue weighted by atomic mass is 9.90. The highest BCUT2D eigenvalue weighted by Gasteiger charge is 2.34. The third-order valence-electron chi connectivity index (χ3n) is 7.84. The zero-order valence-electron chi connectivity index (χ0n) is 23.4. The maximum atomic E-state index is 14.1. The molecule has 1 unspecified atom stereocenters. The van der Waals surface area contributed by atoms with Crippen molar-refractivity contribution in [2.45, 2.75) is 37.6 Å². The summed E-state index contributed by atoms with van der Waals surface area (Å²) in [4.78, 5) is 28.4. The van der Waals surface area contributed by atoms with E-state index >= 15 is 0 Å². The minimum Gasteiger partial charge on any atom is -0.331 e. The lowest BCUT2D eigenvalue weighted by Crippen LogP contribution is -2.40. The summed E-state index contributed by atoms with van der Waals surface area (Å²) in [5.41, 5.74) is 1.56. The van der Waals surface area contributed by atoms with E-state index in [-0.39, 0.29) is 27.7 Å². The highest BCUT2D eigenvalue weighted by Crippen LogP contribution is 2.36. The number of rotatable bonds is 6. The largest absolute Gasteiger partial charge is 0.331 e. The number of anilines is 1. The van der Waals surface area contributed by atoms with Crippen LogP contribution in [0.25, 0.3) is 5.69 Å². The molecule has 2 heterocycles. The number of hydrogen-bond donors (Lipinski definition) is 0. The molecule has 12 heteroatoms. The van der Waals surface area contributed by atoms with Crippen LogP contribution in [0.15, 0.2) is 70.4 Å². The smallest absolute Gasteiger partial charge is 0.296 e. The number of sulfonamides is 1. The second-order valence-electron chi connectivity index (χ2n) is 10.2. The summed E-state index contributed by atoms with van der Waals surface area (Å²) in [6, 6.07) is 14.5. The normalized spacial score (nSPS) is 15.0. The van der Waals surface area contributed by atoms with Crippen molar-refractivity contribution in [2.75, 3.05) is 17.9 Å². The number of hydrogen-bond acceptors (Lipinski definition) is 4. The number of carbonyl (C=O) groups excluding carboxylic acids is 1. The molecule has 0 aliphatic carbocycles. The van der Waals surface area contributed by atoms with Crippen molar-refractivity contribution in [3.05, 3.63) is 110 Å². The highest BCUT2D eigenvalue weighted by molar-refractivity contribution is 7.93. The zero-order chi connectivity index (χ0) is 30.5. The molecule has 0 saturated carbocycles. The third kappa shape index (κ3) is 4.80. The molecule has 220 valence electrons. The minimum atomic E-state index is -4.41. The van der Waals surface area contributed by atoms with E-state index in [0.717, 1.165) is 16.4 Å². The van der Waals surface area contributed by atoms with Gasteiger partial charge in [0, 0.05) is 26.2 Å². The Morgan fingerprint density at radius 2 is 1.74 bits per heavy atom. The average molecular weight is 615 g/mol. The zero-order valence-corrected chi connectivity index (χ0v) is 25.0. The van der Waals surface area contributed by atoms with Gasteiger partial charge in [0.05, 0.1) is 22.4 Å². The van der Waals surface area contributed by atoms with Crippen LogP contribution in [0.5, 0.6) is 0 Å². The summed E-state index contributed by atoms with van der Waals surface area (Å²) < 4.78 is 59.6. The summed E-state index contributed by atoms with van der Waals surface area (Å²) in [6.07, 6.45) is 0.753. The Balaban J connectivity index is 1.52. The Hall–Kier alpha value is -3.96. The molecule has 3 aromatic carbocycles. The quantitative estimate of drug-likeness (QED) is 0.292. The van der Waals surface area contributed by atoms with Gasteiger partial charge in [-0.15, -0.1) is 0 Å². The Kier molecular flexibility index (Phi) is 7.76. The molecule has 0 spiro atoms. The topological polar surface area (TPSA) is 84.6 Å². The first-order valence-electron chi connectivity index (χ1n) is 13.3. The second-order valence-corrected chi connectivity index (χ2v) is 12.5. The maximum absolute atomic E-state index is 14.1. The van der Waals surface area contributed by atoms with Gasteiger partial charge < -0.3 is 4.90 Å². The Morgan fingerprint density at radius 1 is 1.07 bits per heavy atom. The van der Waals surface area contributed by atoms with Crippen molar-refractivity contribution in [2.24, 2.45) is 7.05 Å². The molecule has 0 bridgehead atoms. The number of fused-ring (bicyclic) bond motifs is 1. The van der Waals surface area contributed by atoms with E-state index in [4.69, 9.17) is 11.6 Å². The van der Waals surface area contributed by atoms with Gasteiger partial charge in [-0.1, -0.05) is 36.7 Å². The van der Waals surface area contributed by atoms with Gasteiger partial charge in [-0.05, 0) is 73.4 Å². The molecular weight excluding hydrogens is 586 g/mol. The molecule has 4 aromatic rings. The van der Waals surface area contributed by atoms with Crippen molar-refractivity contribution in [3.8, 4) is 5.69 Å². The van der Waals surface area contributed by atoms with E-state index < -0.39 is 39.2 Å². The Morgan fingerprint density at radius 3 is 2.40 bits per heavy atom. The molecule has 0 radical (unpaired) electrons. The van der Waals surface area contributed by atoms with Crippen LogP contribution in [0.3, 0.4) is 0 Å². The summed E-state index contributed by atoms with van der Waals surface area (Å²) in [5.74, 6) is -2.41. The number of benzene rings is 3. The number of nitrogens with zero attached hydrogens (tertiary/aromatic N) is 4. The van der Waals surface area contributed by atoms with Crippen LogP contribution in [0, 0.1) is 18.6 Å². The summed E-state index contributed by atoms with van der Waals surface area (Å²) in [6.45, 7) is 3.71. The van der Waals surface area contributed by atoms with Crippen LogP contribution < -0.4 is 9.86 Å². The second kappa shape index (κ2) is 11.0. The first-order valence-corrected chi connectivity index (χ1v) is 15.1. The summed E-state index contributed by atoms with van der Waals surface area (Å²) >= 11 is 6.37. The number of para-hydroxylation sites is 1. The van der Waals surface area contributed by atoms with Crippen molar-refractivity contribution in [1.82, 2.24) is 14.3 Å². The number of aromatic nitrogens is 2. The number of amides is 1. The van der Waals surface area contributed by atoms with E-state index in [1.54, 1.807) is 42.9 Å². The van der Waals surface area contributed by atoms with Gasteiger partial charge in [0.15, 0.2) is 11.6 Å². The molecule has 8 nitrogen and oxygen atoms in total. The molecule has 1 aliphatic heterocycles. The molecule has 1 amide bonds. The number of halogens is 3. The van der Waals surface area contributed by atoms with Crippen LogP contribution in [0.1, 0.15) is 46.6 Å². The molecule has 1 aromatic heterocycles. The predicted molar refractivity (Wildman–Crippen MR) is 157 cm³/mol. The van der Waals surface area contributed by atoms with Crippen LogP contribution in [-0.2, 0) is 23.5 Å². The van der Waals surface area contributed by atoms with E-state index in [1.165, 1.54) is 34.8 Å². The van der Waals surface area contributed by atoms with Gasteiger partial charge in [0.1, 0.15) is 10.6 Å². The van der Waals surface area contributed by atoms with Crippen LogP contribution in [0.4, 0.5) is 14.5 Å². The maximum Gasteiger partial charge on any atom is 0.296 e. The fourth-order valence-electron chi connectivity index (χ4n) is 5.56. The highest BCUT2D eigenvalue weighted by atomic mass is 35.5. The fourth-order valence-corrected chi connectivity index (χ4v) is 7.31. The molecule has 0 saturated heterocycles. The Labute approximate surface area is 247 Å². The van der Waals surface area contributed by atoms with Gasteiger partial charge in [0.25, 0.3) is 21.5 Å².